The molecule has 1 fully saturated rings. The van der Waals surface area contributed by atoms with Gasteiger partial charge in [0.15, 0.2) is 0 Å². The molecule has 0 radical (unpaired) electrons. The maximum atomic E-state index is 12.6. The Balaban J connectivity index is 2.05. The molecular formula is C15H23NO3. The number of aliphatic carboxylic acids is 1. The predicted molar refractivity (Wildman–Crippen MR) is 72.6 cm³/mol. The highest BCUT2D eigenvalue weighted by Gasteiger charge is 2.37. The third kappa shape index (κ3) is 3.17. The number of carbonyl (C=O) groups excluding carboxylic acids is 1. The third-order valence-electron chi connectivity index (χ3n) is 4.47. The van der Waals surface area contributed by atoms with Crippen LogP contribution in [-0.2, 0) is 9.59 Å². The van der Waals surface area contributed by atoms with Gasteiger partial charge in [-0.15, -0.1) is 0 Å². The van der Waals surface area contributed by atoms with Gasteiger partial charge >= 0.3 is 5.97 Å². The first-order valence-corrected chi connectivity index (χ1v) is 7.30. The van der Waals surface area contributed by atoms with Crippen LogP contribution in [0.25, 0.3) is 0 Å². The second-order valence-corrected chi connectivity index (χ2v) is 5.69. The zero-order valence-corrected chi connectivity index (χ0v) is 11.5. The van der Waals surface area contributed by atoms with Crippen LogP contribution in [0.3, 0.4) is 0 Å². The molecule has 1 aliphatic carbocycles. The first-order valence-electron chi connectivity index (χ1n) is 7.30. The standard InChI is InChI=1S/C15H23NO3/c1-2-11-6-5-9-16(10-11)14(17)12-7-3-4-8-13(12)15(18)19/h3-4,11-13H,2,5-10H2,1H3,(H,18,19)/t11?,12-,13+/m1/s1. The van der Waals surface area contributed by atoms with Gasteiger partial charge in [-0.2, -0.15) is 0 Å². The van der Waals surface area contributed by atoms with Crippen LogP contribution in [0, 0.1) is 17.8 Å². The summed E-state index contributed by atoms with van der Waals surface area (Å²) in [6.45, 7) is 3.76. The fourth-order valence-corrected chi connectivity index (χ4v) is 3.19. The largest absolute Gasteiger partial charge is 0.481 e. The average molecular weight is 265 g/mol. The van der Waals surface area contributed by atoms with Crippen LogP contribution in [0.5, 0.6) is 0 Å². The van der Waals surface area contributed by atoms with Crippen LogP contribution in [0.1, 0.15) is 39.0 Å². The number of nitrogens with zero attached hydrogens (tertiary/aromatic N) is 1. The monoisotopic (exact) mass is 265 g/mol. The number of carbonyl (C=O) groups is 2. The average Bonchev–Trinajstić information content (AvgIpc) is 2.46. The van der Waals surface area contributed by atoms with E-state index in [1.54, 1.807) is 0 Å². The molecule has 1 heterocycles. The zero-order chi connectivity index (χ0) is 13.8. The topological polar surface area (TPSA) is 57.6 Å². The van der Waals surface area contributed by atoms with Gasteiger partial charge in [-0.3, -0.25) is 9.59 Å². The molecule has 3 atom stereocenters. The molecule has 1 aliphatic heterocycles. The summed E-state index contributed by atoms with van der Waals surface area (Å²) in [7, 11) is 0. The van der Waals surface area contributed by atoms with Gasteiger partial charge in [0.1, 0.15) is 0 Å². The molecular weight excluding hydrogens is 242 g/mol. The number of rotatable bonds is 3. The number of hydrogen-bond acceptors (Lipinski definition) is 2. The van der Waals surface area contributed by atoms with E-state index in [4.69, 9.17) is 0 Å². The molecule has 0 saturated carbocycles. The summed E-state index contributed by atoms with van der Waals surface area (Å²) < 4.78 is 0. The lowest BCUT2D eigenvalue weighted by atomic mass is 9.81. The number of carboxylic acids is 1. The fraction of sp³-hybridized carbons (Fsp3) is 0.733. The van der Waals surface area contributed by atoms with Gasteiger partial charge in [0.2, 0.25) is 5.91 Å². The van der Waals surface area contributed by atoms with E-state index in [1.807, 2.05) is 17.1 Å². The second kappa shape index (κ2) is 6.22. The lowest BCUT2D eigenvalue weighted by Crippen LogP contribution is -2.46. The van der Waals surface area contributed by atoms with E-state index in [-0.39, 0.29) is 11.8 Å². The number of piperidine rings is 1. The van der Waals surface area contributed by atoms with E-state index < -0.39 is 11.9 Å². The molecule has 0 aromatic carbocycles. The highest BCUT2D eigenvalue weighted by atomic mass is 16.4. The molecule has 1 N–H and O–H groups in total. The summed E-state index contributed by atoms with van der Waals surface area (Å²) >= 11 is 0. The predicted octanol–water partition coefficient (Wildman–Crippen LogP) is 2.30. The van der Waals surface area contributed by atoms with E-state index in [2.05, 4.69) is 6.92 Å². The molecule has 2 rings (SSSR count). The summed E-state index contributed by atoms with van der Waals surface area (Å²) in [6, 6.07) is 0. The molecule has 0 aromatic rings. The lowest BCUT2D eigenvalue weighted by Gasteiger charge is -2.36. The molecule has 4 heteroatoms. The summed E-state index contributed by atoms with van der Waals surface area (Å²) in [4.78, 5) is 25.7. The Labute approximate surface area is 114 Å². The van der Waals surface area contributed by atoms with E-state index in [0.29, 0.717) is 18.8 Å². The molecule has 106 valence electrons. The summed E-state index contributed by atoms with van der Waals surface area (Å²) in [6.07, 6.45) is 8.21. The van der Waals surface area contributed by atoms with Gasteiger partial charge < -0.3 is 10.0 Å². The molecule has 1 amide bonds. The molecule has 0 bridgehead atoms. The number of amides is 1. The molecule has 2 aliphatic rings. The maximum absolute atomic E-state index is 12.6. The van der Waals surface area contributed by atoms with Crippen LogP contribution in [0.4, 0.5) is 0 Å². The lowest BCUT2D eigenvalue weighted by molar-refractivity contribution is -0.151. The molecule has 1 saturated heterocycles. The third-order valence-corrected chi connectivity index (χ3v) is 4.47. The Bertz CT molecular complexity index is 378. The Morgan fingerprint density at radius 1 is 1.26 bits per heavy atom. The van der Waals surface area contributed by atoms with Gasteiger partial charge in [-0.1, -0.05) is 25.5 Å². The summed E-state index contributed by atoms with van der Waals surface area (Å²) in [5.41, 5.74) is 0. The number of likely N-dealkylation sites (tertiary alicyclic amines) is 1. The molecule has 1 unspecified atom stereocenters. The number of allylic oxidation sites excluding steroid dienone is 2. The molecule has 0 spiro atoms. The highest BCUT2D eigenvalue weighted by Crippen LogP contribution is 2.29. The van der Waals surface area contributed by atoms with Gasteiger partial charge in [0.25, 0.3) is 0 Å². The minimum Gasteiger partial charge on any atom is -0.481 e. The first-order chi connectivity index (χ1) is 9.13. The van der Waals surface area contributed by atoms with E-state index in [1.165, 1.54) is 6.42 Å². The van der Waals surface area contributed by atoms with Gasteiger partial charge in [0, 0.05) is 13.1 Å². The SMILES string of the molecule is CCC1CCCN(C(=O)[C@@H]2CC=CC[C@@H]2C(=O)O)C1. The van der Waals surface area contributed by atoms with Gasteiger partial charge in [0.05, 0.1) is 11.8 Å². The van der Waals surface area contributed by atoms with Gasteiger partial charge in [-0.05, 0) is 31.6 Å². The zero-order valence-electron chi connectivity index (χ0n) is 11.5. The van der Waals surface area contributed by atoms with Crippen molar-refractivity contribution in [3.8, 4) is 0 Å². The van der Waals surface area contributed by atoms with Crippen molar-refractivity contribution in [2.45, 2.75) is 39.0 Å². The van der Waals surface area contributed by atoms with Crippen molar-refractivity contribution in [1.29, 1.82) is 0 Å². The highest BCUT2D eigenvalue weighted by molar-refractivity contribution is 5.85. The van der Waals surface area contributed by atoms with Crippen molar-refractivity contribution < 1.29 is 14.7 Å². The molecule has 0 aromatic heterocycles. The van der Waals surface area contributed by atoms with E-state index in [9.17, 15) is 14.7 Å². The van der Waals surface area contributed by atoms with Gasteiger partial charge in [-0.25, -0.2) is 0 Å². The Morgan fingerprint density at radius 3 is 2.58 bits per heavy atom. The number of carboxylic acid groups (broad SMARTS) is 1. The van der Waals surface area contributed by atoms with Crippen molar-refractivity contribution >= 4 is 11.9 Å². The summed E-state index contributed by atoms with van der Waals surface area (Å²) in [5.74, 6) is -1.11. The minimum absolute atomic E-state index is 0.0508. The Morgan fingerprint density at radius 2 is 1.95 bits per heavy atom. The number of hydrogen-bond donors (Lipinski definition) is 1. The van der Waals surface area contributed by atoms with Crippen LogP contribution in [-0.4, -0.2) is 35.0 Å². The molecule has 4 nitrogen and oxygen atoms in total. The quantitative estimate of drug-likeness (QED) is 0.797. The normalized spacial score (nSPS) is 31.2. The van der Waals surface area contributed by atoms with Crippen LogP contribution < -0.4 is 0 Å². The molecule has 19 heavy (non-hydrogen) atoms. The van der Waals surface area contributed by atoms with Crippen molar-refractivity contribution in [3.05, 3.63) is 12.2 Å². The second-order valence-electron chi connectivity index (χ2n) is 5.69. The van der Waals surface area contributed by atoms with Crippen molar-refractivity contribution in [2.24, 2.45) is 17.8 Å². The Hall–Kier alpha value is -1.32. The summed E-state index contributed by atoms with van der Waals surface area (Å²) in [5, 5.41) is 9.25. The minimum atomic E-state index is -0.841. The van der Waals surface area contributed by atoms with Crippen molar-refractivity contribution in [1.82, 2.24) is 4.90 Å². The van der Waals surface area contributed by atoms with Crippen LogP contribution in [0.15, 0.2) is 12.2 Å². The van der Waals surface area contributed by atoms with E-state index >= 15 is 0 Å². The van der Waals surface area contributed by atoms with Crippen LogP contribution in [0.2, 0.25) is 0 Å². The fourth-order valence-electron chi connectivity index (χ4n) is 3.19. The van der Waals surface area contributed by atoms with Crippen molar-refractivity contribution in [3.63, 3.8) is 0 Å². The van der Waals surface area contributed by atoms with E-state index in [0.717, 1.165) is 25.9 Å². The van der Waals surface area contributed by atoms with Crippen molar-refractivity contribution in [2.75, 3.05) is 13.1 Å². The smallest absolute Gasteiger partial charge is 0.307 e. The Kier molecular flexibility index (Phi) is 4.61. The maximum Gasteiger partial charge on any atom is 0.307 e. The van der Waals surface area contributed by atoms with Crippen LogP contribution >= 0.6 is 0 Å². The first kappa shape index (κ1) is 14.1.